The second-order valence-electron chi connectivity index (χ2n) is 10.2. The van der Waals surface area contributed by atoms with Gasteiger partial charge in [-0.05, 0) is 68.0 Å². The van der Waals surface area contributed by atoms with Gasteiger partial charge in [-0.1, -0.05) is 30.3 Å². The fourth-order valence-electron chi connectivity index (χ4n) is 4.05. The summed E-state index contributed by atoms with van der Waals surface area (Å²) in [6, 6.07) is 8.12. The highest BCUT2D eigenvalue weighted by molar-refractivity contribution is 7.90. The summed E-state index contributed by atoms with van der Waals surface area (Å²) in [6.45, 7) is 4.04. The lowest BCUT2D eigenvalue weighted by Crippen LogP contribution is -2.53. The first-order valence-electron chi connectivity index (χ1n) is 11.6. The number of nitriles is 1. The van der Waals surface area contributed by atoms with Gasteiger partial charge in [0.25, 0.3) is 0 Å². The number of nitrogens with zero attached hydrogens (tertiary/aromatic N) is 1. The van der Waals surface area contributed by atoms with Crippen molar-refractivity contribution in [3.05, 3.63) is 53.6 Å². The molecule has 0 aliphatic heterocycles. The normalized spacial score (nSPS) is 16.9. The monoisotopic (exact) mass is 539 g/mol. The van der Waals surface area contributed by atoms with Crippen molar-refractivity contribution in [2.75, 3.05) is 6.26 Å². The Balaban J connectivity index is 1.90. The number of carbonyl (C=O) groups is 1. The van der Waals surface area contributed by atoms with E-state index >= 15 is 0 Å². The zero-order chi connectivity index (χ0) is 27.8. The third-order valence-electron chi connectivity index (χ3n) is 6.21. The molecule has 200 valence electrons. The summed E-state index contributed by atoms with van der Waals surface area (Å²) in [5, 5.41) is 14.0. The number of aryl methyl sites for hydroxylation is 1. The van der Waals surface area contributed by atoms with Crippen molar-refractivity contribution in [2.45, 2.75) is 74.4 Å². The fraction of sp³-hybridized carbons (Fsp3) is 0.462. The molecule has 0 unspecified atom stereocenters. The van der Waals surface area contributed by atoms with Crippen LogP contribution in [0, 0.1) is 18.3 Å². The Bertz CT molecular complexity index is 1310. The maximum absolute atomic E-state index is 14.5. The van der Waals surface area contributed by atoms with Gasteiger partial charge in [0, 0.05) is 12.7 Å². The number of amides is 1. The molecule has 2 aromatic carbocycles. The second-order valence-corrected chi connectivity index (χ2v) is 12.2. The smallest absolute Gasteiger partial charge is 0.336 e. The molecule has 0 aromatic heterocycles. The molecule has 11 heteroatoms. The number of hydrogen-bond acceptors (Lipinski definition) is 5. The Morgan fingerprint density at radius 3 is 2.14 bits per heavy atom. The van der Waals surface area contributed by atoms with Crippen molar-refractivity contribution in [3.63, 3.8) is 0 Å². The van der Waals surface area contributed by atoms with Crippen molar-refractivity contribution in [1.29, 1.82) is 5.26 Å². The van der Waals surface area contributed by atoms with Gasteiger partial charge in [0.05, 0.1) is 17.0 Å². The van der Waals surface area contributed by atoms with Crippen molar-refractivity contribution in [2.24, 2.45) is 0 Å². The number of sulfone groups is 1. The van der Waals surface area contributed by atoms with E-state index < -0.39 is 51.6 Å². The molecule has 0 bridgehead atoms. The molecule has 2 atom stereocenters. The molecule has 0 spiro atoms. The van der Waals surface area contributed by atoms with Gasteiger partial charge in [-0.25, -0.2) is 12.8 Å². The predicted octanol–water partition coefficient (Wildman–Crippen LogP) is 4.94. The van der Waals surface area contributed by atoms with Crippen LogP contribution in [0.4, 0.5) is 17.6 Å². The number of alkyl halides is 4. The molecule has 37 heavy (non-hydrogen) atoms. The van der Waals surface area contributed by atoms with Gasteiger partial charge in [0.15, 0.2) is 9.84 Å². The number of rotatable bonds is 9. The largest absolute Gasteiger partial charge is 0.407 e. The van der Waals surface area contributed by atoms with Gasteiger partial charge < -0.3 is 5.32 Å². The molecule has 1 aliphatic rings. The van der Waals surface area contributed by atoms with E-state index in [1.807, 2.05) is 6.07 Å². The first-order valence-corrected chi connectivity index (χ1v) is 13.5. The highest BCUT2D eigenvalue weighted by Crippen LogP contribution is 2.37. The molecule has 1 aliphatic carbocycles. The predicted molar refractivity (Wildman–Crippen MR) is 131 cm³/mol. The van der Waals surface area contributed by atoms with Crippen molar-refractivity contribution >= 4 is 15.7 Å². The zero-order valence-corrected chi connectivity index (χ0v) is 21.7. The third kappa shape index (κ3) is 7.29. The van der Waals surface area contributed by atoms with E-state index in [4.69, 9.17) is 0 Å². The lowest BCUT2D eigenvalue weighted by molar-refractivity contribution is -0.161. The van der Waals surface area contributed by atoms with Crippen LogP contribution in [-0.2, 0) is 14.6 Å². The first kappa shape index (κ1) is 28.6. The molecule has 0 saturated heterocycles. The molecule has 0 radical (unpaired) electrons. The molecule has 1 fully saturated rings. The minimum atomic E-state index is -4.81. The van der Waals surface area contributed by atoms with Crippen LogP contribution < -0.4 is 10.6 Å². The van der Waals surface area contributed by atoms with Crippen LogP contribution in [0.25, 0.3) is 11.1 Å². The highest BCUT2D eigenvalue weighted by Gasteiger charge is 2.48. The molecule has 0 heterocycles. The Morgan fingerprint density at radius 1 is 1.11 bits per heavy atom. The average Bonchev–Trinajstić information content (AvgIpc) is 3.54. The van der Waals surface area contributed by atoms with E-state index in [-0.39, 0.29) is 10.5 Å². The summed E-state index contributed by atoms with van der Waals surface area (Å²) in [7, 11) is -3.41. The second kappa shape index (κ2) is 10.1. The van der Waals surface area contributed by atoms with E-state index in [1.54, 1.807) is 13.0 Å². The SMILES string of the molecule is Cc1cc(S(C)(=O)=O)ccc1-c1ccc([C@H](N[C@@H](CC(C)(C)F)C(=O)NC2(C#N)CC2)C(F)(F)F)cc1. The molecule has 2 aromatic rings. The lowest BCUT2D eigenvalue weighted by Gasteiger charge is -2.30. The summed E-state index contributed by atoms with van der Waals surface area (Å²) in [5.41, 5.74) is -1.39. The van der Waals surface area contributed by atoms with Crippen molar-refractivity contribution in [1.82, 2.24) is 10.6 Å². The lowest BCUT2D eigenvalue weighted by atomic mass is 9.95. The van der Waals surface area contributed by atoms with Crippen molar-refractivity contribution < 1.29 is 30.8 Å². The molecule has 1 amide bonds. The van der Waals surface area contributed by atoms with E-state index in [2.05, 4.69) is 10.6 Å². The number of benzene rings is 2. The number of nitrogens with one attached hydrogen (secondary N) is 2. The maximum Gasteiger partial charge on any atom is 0.407 e. The van der Waals surface area contributed by atoms with E-state index in [0.717, 1.165) is 6.26 Å². The standard InChI is InChI=1S/C26H29F4N3O3S/c1-16-13-19(37(4,35)36)9-10-20(16)17-5-7-18(8-6-17)22(26(28,29)30)32-21(14-24(2,3)27)23(34)33-25(15-31)11-12-25/h5-10,13,21-22,32H,11-12,14H2,1-4H3,(H,33,34)/t21-,22-/m0/s1. The summed E-state index contributed by atoms with van der Waals surface area (Å²) >= 11 is 0. The molecular weight excluding hydrogens is 510 g/mol. The van der Waals surface area contributed by atoms with Crippen LogP contribution in [-0.4, -0.2) is 44.0 Å². The minimum absolute atomic E-state index is 0.135. The highest BCUT2D eigenvalue weighted by atomic mass is 32.2. The number of carbonyl (C=O) groups excluding carboxylic acids is 1. The molecule has 2 N–H and O–H groups in total. The molecule has 6 nitrogen and oxygen atoms in total. The topological polar surface area (TPSA) is 99.1 Å². The van der Waals surface area contributed by atoms with Crippen LogP contribution in [0.1, 0.15) is 50.3 Å². The summed E-state index contributed by atoms with van der Waals surface area (Å²) in [4.78, 5) is 12.9. The quantitative estimate of drug-likeness (QED) is 0.440. The summed E-state index contributed by atoms with van der Waals surface area (Å²) in [6.07, 6.45) is -3.48. The number of halogens is 4. The first-order chi connectivity index (χ1) is 16.9. The Kier molecular flexibility index (Phi) is 7.78. The Labute approximate surface area is 214 Å². The molecule has 3 rings (SSSR count). The molecule has 1 saturated carbocycles. The fourth-order valence-corrected chi connectivity index (χ4v) is 4.76. The van der Waals surface area contributed by atoms with E-state index in [9.17, 15) is 36.0 Å². The third-order valence-corrected chi connectivity index (χ3v) is 7.32. The van der Waals surface area contributed by atoms with Gasteiger partial charge in [-0.3, -0.25) is 10.1 Å². The zero-order valence-electron chi connectivity index (χ0n) is 20.9. The van der Waals surface area contributed by atoms with Gasteiger partial charge in [0.1, 0.15) is 17.2 Å². The van der Waals surface area contributed by atoms with Crippen molar-refractivity contribution in [3.8, 4) is 17.2 Å². The summed E-state index contributed by atoms with van der Waals surface area (Å²) < 4.78 is 80.4. The van der Waals surface area contributed by atoms with Crippen LogP contribution in [0.3, 0.4) is 0 Å². The number of hydrogen-bond donors (Lipinski definition) is 2. The van der Waals surface area contributed by atoms with Gasteiger partial charge in [0.2, 0.25) is 5.91 Å². The Morgan fingerprint density at radius 2 is 1.70 bits per heavy atom. The van der Waals surface area contributed by atoms with E-state index in [1.165, 1.54) is 50.2 Å². The van der Waals surface area contributed by atoms with E-state index in [0.29, 0.717) is 29.5 Å². The minimum Gasteiger partial charge on any atom is -0.336 e. The van der Waals surface area contributed by atoms with Gasteiger partial charge >= 0.3 is 6.18 Å². The van der Waals surface area contributed by atoms with Gasteiger partial charge in [-0.15, -0.1) is 0 Å². The van der Waals surface area contributed by atoms with Gasteiger partial charge in [-0.2, -0.15) is 18.4 Å². The van der Waals surface area contributed by atoms with Crippen LogP contribution in [0.2, 0.25) is 0 Å². The van der Waals surface area contributed by atoms with Crippen LogP contribution in [0.5, 0.6) is 0 Å². The Hall–Kier alpha value is -2.97. The van der Waals surface area contributed by atoms with Crippen LogP contribution >= 0.6 is 0 Å². The average molecular weight is 540 g/mol. The molecular formula is C26H29F4N3O3S. The van der Waals surface area contributed by atoms with Crippen LogP contribution in [0.15, 0.2) is 47.4 Å². The summed E-state index contributed by atoms with van der Waals surface area (Å²) in [5.74, 6) is -0.864. The maximum atomic E-state index is 14.5.